The molecule has 0 aromatic heterocycles. The van der Waals surface area contributed by atoms with Crippen LogP contribution in [0.3, 0.4) is 0 Å². The molecule has 0 atom stereocenters. The van der Waals surface area contributed by atoms with Gasteiger partial charge in [0.1, 0.15) is 5.75 Å². The lowest BCUT2D eigenvalue weighted by Crippen LogP contribution is -2.27. The summed E-state index contributed by atoms with van der Waals surface area (Å²) < 4.78 is 32.9. The van der Waals surface area contributed by atoms with Crippen LogP contribution in [0.2, 0.25) is 5.02 Å². The molecule has 0 saturated carbocycles. The van der Waals surface area contributed by atoms with Crippen LogP contribution in [0.5, 0.6) is 5.75 Å². The van der Waals surface area contributed by atoms with E-state index in [1.54, 1.807) is 24.3 Å². The average Bonchev–Trinajstić information content (AvgIpc) is 3.12. The van der Waals surface area contributed by atoms with Gasteiger partial charge in [-0.3, -0.25) is 24.0 Å². The van der Waals surface area contributed by atoms with Crippen molar-refractivity contribution in [2.45, 2.75) is 4.90 Å². The number of nitrogens with one attached hydrogen (secondary N) is 2. The minimum absolute atomic E-state index is 0.00417. The quantitative estimate of drug-likeness (QED) is 0.502. The molecule has 0 bridgehead atoms. The number of amides is 3. The van der Waals surface area contributed by atoms with Crippen LogP contribution in [-0.2, 0) is 10.0 Å². The van der Waals surface area contributed by atoms with E-state index in [2.05, 4.69) is 10.6 Å². The SMILES string of the molecule is COc1ccccc1N(C)S(=O)(=O)c1ccc(Cl)c(C(=O)Nc2cccc3c2C(=O)NC3=O)c1. The molecule has 3 amide bonds. The zero-order valence-electron chi connectivity index (χ0n) is 18.0. The summed E-state index contributed by atoms with van der Waals surface area (Å²) >= 11 is 6.20. The molecule has 0 spiro atoms. The molecule has 3 aromatic rings. The summed E-state index contributed by atoms with van der Waals surface area (Å²) in [6.45, 7) is 0. The second-order valence-electron chi connectivity index (χ2n) is 7.25. The van der Waals surface area contributed by atoms with Crippen molar-refractivity contribution in [2.75, 3.05) is 23.8 Å². The Morgan fingerprint density at radius 3 is 2.50 bits per heavy atom. The molecule has 4 rings (SSSR count). The largest absolute Gasteiger partial charge is 0.495 e. The molecule has 9 nitrogen and oxygen atoms in total. The molecule has 0 unspecified atom stereocenters. The van der Waals surface area contributed by atoms with Gasteiger partial charge >= 0.3 is 0 Å². The predicted molar refractivity (Wildman–Crippen MR) is 126 cm³/mol. The molecule has 34 heavy (non-hydrogen) atoms. The van der Waals surface area contributed by atoms with Crippen molar-refractivity contribution in [3.63, 3.8) is 0 Å². The third-order valence-corrected chi connectivity index (χ3v) is 7.37. The van der Waals surface area contributed by atoms with E-state index in [1.165, 1.54) is 44.5 Å². The lowest BCUT2D eigenvalue weighted by atomic mass is 10.1. The fourth-order valence-electron chi connectivity index (χ4n) is 3.53. The maximum absolute atomic E-state index is 13.3. The first-order chi connectivity index (χ1) is 16.1. The number of para-hydroxylation sites is 2. The summed E-state index contributed by atoms with van der Waals surface area (Å²) in [7, 11) is -1.30. The minimum atomic E-state index is -4.09. The van der Waals surface area contributed by atoms with Crippen molar-refractivity contribution in [3.8, 4) is 5.75 Å². The molecule has 0 fully saturated rings. The van der Waals surface area contributed by atoms with Crippen molar-refractivity contribution < 1.29 is 27.5 Å². The lowest BCUT2D eigenvalue weighted by molar-refractivity contribution is 0.0879. The van der Waals surface area contributed by atoms with Gasteiger partial charge in [0.2, 0.25) is 0 Å². The van der Waals surface area contributed by atoms with Gasteiger partial charge in [-0.1, -0.05) is 29.8 Å². The summed E-state index contributed by atoms with van der Waals surface area (Å²) in [4.78, 5) is 36.8. The van der Waals surface area contributed by atoms with Crippen molar-refractivity contribution in [2.24, 2.45) is 0 Å². The number of rotatable bonds is 6. The van der Waals surface area contributed by atoms with Gasteiger partial charge < -0.3 is 10.1 Å². The van der Waals surface area contributed by atoms with Crippen LogP contribution in [0, 0.1) is 0 Å². The number of fused-ring (bicyclic) bond motifs is 1. The highest BCUT2D eigenvalue weighted by molar-refractivity contribution is 7.92. The van der Waals surface area contributed by atoms with Gasteiger partial charge in [-0.05, 0) is 42.5 Å². The summed E-state index contributed by atoms with van der Waals surface area (Å²) in [5.74, 6) is -1.60. The third kappa shape index (κ3) is 3.97. The molecule has 0 saturated heterocycles. The number of hydrogen-bond donors (Lipinski definition) is 2. The lowest BCUT2D eigenvalue weighted by Gasteiger charge is -2.22. The van der Waals surface area contributed by atoms with E-state index in [1.807, 2.05) is 0 Å². The Balaban J connectivity index is 1.69. The number of hydrogen-bond acceptors (Lipinski definition) is 6. The zero-order chi connectivity index (χ0) is 24.6. The molecule has 0 aliphatic carbocycles. The molecule has 1 aliphatic heterocycles. The standard InChI is InChI=1S/C23H18ClN3O6S/c1-27(18-8-3-4-9-19(18)33-2)34(31,32)13-10-11-16(24)15(12-13)22(29)25-17-7-5-6-14-20(17)23(30)26-21(14)28/h3-12H,1-2H3,(H,25,29)(H,26,28,30). The Bertz CT molecular complexity index is 1450. The fraction of sp³-hybridized carbons (Fsp3) is 0.0870. The molecule has 2 N–H and O–H groups in total. The van der Waals surface area contributed by atoms with E-state index < -0.39 is 27.7 Å². The van der Waals surface area contributed by atoms with Gasteiger partial charge in [0.25, 0.3) is 27.7 Å². The highest BCUT2D eigenvalue weighted by Crippen LogP contribution is 2.32. The van der Waals surface area contributed by atoms with E-state index in [0.717, 1.165) is 10.4 Å². The van der Waals surface area contributed by atoms with Gasteiger partial charge in [0.15, 0.2) is 0 Å². The summed E-state index contributed by atoms with van der Waals surface area (Å²) in [5.41, 5.74) is 0.432. The summed E-state index contributed by atoms with van der Waals surface area (Å²) in [5, 5.41) is 4.71. The maximum atomic E-state index is 13.3. The number of nitrogens with zero attached hydrogens (tertiary/aromatic N) is 1. The molecule has 3 aromatic carbocycles. The average molecular weight is 500 g/mol. The first-order valence-corrected chi connectivity index (χ1v) is 11.7. The first-order valence-electron chi connectivity index (χ1n) is 9.86. The van der Waals surface area contributed by atoms with E-state index in [0.29, 0.717) is 11.4 Å². The highest BCUT2D eigenvalue weighted by Gasteiger charge is 2.30. The second-order valence-corrected chi connectivity index (χ2v) is 9.63. The smallest absolute Gasteiger partial charge is 0.264 e. The normalized spacial score (nSPS) is 12.7. The van der Waals surface area contributed by atoms with Crippen LogP contribution >= 0.6 is 11.6 Å². The number of ether oxygens (including phenoxy) is 1. The topological polar surface area (TPSA) is 122 Å². The van der Waals surface area contributed by atoms with Crippen LogP contribution in [0.15, 0.2) is 65.6 Å². The van der Waals surface area contributed by atoms with Crippen LogP contribution in [0.25, 0.3) is 0 Å². The highest BCUT2D eigenvalue weighted by atomic mass is 35.5. The molecule has 11 heteroatoms. The predicted octanol–water partition coefficient (Wildman–Crippen LogP) is 3.31. The maximum Gasteiger partial charge on any atom is 0.264 e. The first kappa shape index (κ1) is 23.3. The molecule has 0 radical (unpaired) electrons. The van der Waals surface area contributed by atoms with Crippen LogP contribution in [0.1, 0.15) is 31.1 Å². The van der Waals surface area contributed by atoms with Gasteiger partial charge in [-0.2, -0.15) is 0 Å². The Morgan fingerprint density at radius 2 is 1.76 bits per heavy atom. The number of anilines is 2. The molecular formula is C23H18ClN3O6S. The Hall–Kier alpha value is -3.89. The van der Waals surface area contributed by atoms with Crippen molar-refractivity contribution >= 4 is 50.7 Å². The van der Waals surface area contributed by atoms with Gasteiger partial charge in [0.05, 0.1) is 45.1 Å². The monoisotopic (exact) mass is 499 g/mol. The Labute approximate surface area is 200 Å². The van der Waals surface area contributed by atoms with Crippen LogP contribution < -0.4 is 19.7 Å². The fourth-order valence-corrected chi connectivity index (χ4v) is 4.97. The Kier molecular flexibility index (Phi) is 6.03. The van der Waals surface area contributed by atoms with E-state index in [9.17, 15) is 22.8 Å². The summed E-state index contributed by atoms with van der Waals surface area (Å²) in [6, 6.07) is 14.7. The molecular weight excluding hydrogens is 482 g/mol. The molecule has 1 aliphatic rings. The summed E-state index contributed by atoms with van der Waals surface area (Å²) in [6.07, 6.45) is 0. The van der Waals surface area contributed by atoms with Crippen molar-refractivity contribution in [1.29, 1.82) is 0 Å². The van der Waals surface area contributed by atoms with Gasteiger partial charge in [0, 0.05) is 7.05 Å². The van der Waals surface area contributed by atoms with E-state index in [-0.39, 0.29) is 32.3 Å². The number of imide groups is 1. The van der Waals surface area contributed by atoms with Crippen molar-refractivity contribution in [3.05, 3.63) is 82.4 Å². The number of methoxy groups -OCH3 is 1. The van der Waals surface area contributed by atoms with E-state index >= 15 is 0 Å². The minimum Gasteiger partial charge on any atom is -0.495 e. The zero-order valence-corrected chi connectivity index (χ0v) is 19.5. The Morgan fingerprint density at radius 1 is 1.03 bits per heavy atom. The van der Waals surface area contributed by atoms with Crippen molar-refractivity contribution in [1.82, 2.24) is 5.32 Å². The number of benzene rings is 3. The number of halogens is 1. The number of sulfonamides is 1. The number of carbonyl (C=O) groups excluding carboxylic acids is 3. The molecule has 1 heterocycles. The van der Waals surface area contributed by atoms with Gasteiger partial charge in [-0.25, -0.2) is 8.42 Å². The second kappa shape index (κ2) is 8.81. The van der Waals surface area contributed by atoms with Crippen LogP contribution in [-0.4, -0.2) is 40.3 Å². The molecule has 174 valence electrons. The van der Waals surface area contributed by atoms with E-state index in [4.69, 9.17) is 16.3 Å². The van der Waals surface area contributed by atoms with Crippen LogP contribution in [0.4, 0.5) is 11.4 Å². The third-order valence-electron chi connectivity index (χ3n) is 5.28. The van der Waals surface area contributed by atoms with Gasteiger partial charge in [-0.15, -0.1) is 0 Å². The number of carbonyl (C=O) groups is 3.